The van der Waals surface area contributed by atoms with Crippen molar-refractivity contribution in [3.63, 3.8) is 0 Å². The minimum Gasteiger partial charge on any atom is -0.232 e. The third-order valence-electron chi connectivity index (χ3n) is 3.29. The van der Waals surface area contributed by atoms with Gasteiger partial charge in [0.15, 0.2) is 5.69 Å². The number of hydrogen-bond acceptors (Lipinski definition) is 3. The molecule has 152 valence electrons. The van der Waals surface area contributed by atoms with E-state index >= 15 is 0 Å². The lowest BCUT2D eigenvalue weighted by Gasteiger charge is -2.16. The molecule has 0 aliphatic carbocycles. The second-order valence-electron chi connectivity index (χ2n) is 5.47. The zero-order valence-electron chi connectivity index (χ0n) is 13.6. The molecular formula is C15H8BrCl2F6N3S. The first-order valence-corrected chi connectivity index (χ1v) is 9.71. The van der Waals surface area contributed by atoms with E-state index in [0.717, 1.165) is 4.68 Å². The van der Waals surface area contributed by atoms with Crippen molar-refractivity contribution < 1.29 is 26.3 Å². The molecule has 0 N–H and O–H groups in total. The van der Waals surface area contributed by atoms with Crippen molar-refractivity contribution in [1.29, 1.82) is 5.26 Å². The summed E-state index contributed by atoms with van der Waals surface area (Å²) in [5.74, 6) is 0. The molecule has 0 radical (unpaired) electrons. The molecule has 0 bridgehead atoms. The molecule has 1 aromatic heterocycles. The summed E-state index contributed by atoms with van der Waals surface area (Å²) in [5, 5.41) is 12.1. The third kappa shape index (κ3) is 5.28. The summed E-state index contributed by atoms with van der Waals surface area (Å²) in [5.41, 5.74) is -6.69. The van der Waals surface area contributed by atoms with Crippen LogP contribution < -0.4 is 0 Å². The van der Waals surface area contributed by atoms with Crippen LogP contribution in [0.4, 0.5) is 26.3 Å². The van der Waals surface area contributed by atoms with Gasteiger partial charge in [0, 0.05) is 11.2 Å². The Morgan fingerprint density at radius 1 is 1.21 bits per heavy atom. The molecule has 13 heteroatoms. The maximum atomic E-state index is 13.0. The van der Waals surface area contributed by atoms with Crippen molar-refractivity contribution in [2.75, 3.05) is 0 Å². The van der Waals surface area contributed by atoms with E-state index in [-0.39, 0.29) is 22.6 Å². The highest BCUT2D eigenvalue weighted by Crippen LogP contribution is 2.43. The number of aromatic nitrogens is 2. The average Bonchev–Trinajstić information content (AvgIpc) is 2.81. The maximum Gasteiger partial charge on any atom is 0.446 e. The van der Waals surface area contributed by atoms with Gasteiger partial charge < -0.3 is 0 Å². The summed E-state index contributed by atoms with van der Waals surface area (Å²) in [4.78, 5) is -0.803. The number of nitriles is 1. The molecule has 1 heterocycles. The number of rotatable bonds is 4. The topological polar surface area (TPSA) is 41.6 Å². The smallest absolute Gasteiger partial charge is 0.232 e. The van der Waals surface area contributed by atoms with Crippen LogP contribution in [0.15, 0.2) is 17.0 Å². The summed E-state index contributed by atoms with van der Waals surface area (Å²) in [6.07, 6.45) is -4.75. The van der Waals surface area contributed by atoms with Gasteiger partial charge in [-0.1, -0.05) is 46.1 Å². The second kappa shape index (κ2) is 8.34. The highest BCUT2D eigenvalue weighted by Gasteiger charge is 2.36. The van der Waals surface area contributed by atoms with Crippen molar-refractivity contribution >= 4 is 50.9 Å². The van der Waals surface area contributed by atoms with E-state index < -0.39 is 49.6 Å². The molecule has 1 atom stereocenters. The van der Waals surface area contributed by atoms with E-state index in [0.29, 0.717) is 12.1 Å². The van der Waals surface area contributed by atoms with E-state index in [1.165, 1.54) is 0 Å². The molecule has 3 nitrogen and oxygen atoms in total. The molecule has 0 saturated carbocycles. The van der Waals surface area contributed by atoms with Gasteiger partial charge in [0.05, 0.1) is 26.2 Å². The first kappa shape index (κ1) is 23.2. The van der Waals surface area contributed by atoms with Crippen molar-refractivity contribution in [3.05, 3.63) is 39.1 Å². The molecule has 0 saturated heterocycles. The number of alkyl halides is 7. The van der Waals surface area contributed by atoms with E-state index in [1.54, 1.807) is 13.0 Å². The molecule has 0 aliphatic heterocycles. The van der Waals surface area contributed by atoms with Crippen molar-refractivity contribution in [2.45, 2.75) is 34.8 Å². The van der Waals surface area contributed by atoms with Gasteiger partial charge in [-0.25, -0.2) is 4.68 Å². The van der Waals surface area contributed by atoms with Crippen molar-refractivity contribution in [3.8, 4) is 11.8 Å². The van der Waals surface area contributed by atoms with Crippen molar-refractivity contribution in [1.82, 2.24) is 9.78 Å². The van der Waals surface area contributed by atoms with Gasteiger partial charge in [0.2, 0.25) is 0 Å². The molecule has 1 aromatic carbocycles. The summed E-state index contributed by atoms with van der Waals surface area (Å²) in [7, 11) is 0. The molecule has 2 aromatic rings. The lowest BCUT2D eigenvalue weighted by molar-refractivity contribution is -0.137. The van der Waals surface area contributed by atoms with Gasteiger partial charge in [-0.15, -0.1) is 0 Å². The molecule has 28 heavy (non-hydrogen) atoms. The van der Waals surface area contributed by atoms with Crippen LogP contribution in [-0.2, 0) is 12.6 Å². The predicted octanol–water partition coefficient (Wildman–Crippen LogP) is 7.01. The van der Waals surface area contributed by atoms with Crippen LogP contribution in [0, 0.1) is 11.3 Å². The fourth-order valence-electron chi connectivity index (χ4n) is 2.30. The predicted molar refractivity (Wildman–Crippen MR) is 97.3 cm³/mol. The van der Waals surface area contributed by atoms with Crippen LogP contribution >= 0.6 is 50.9 Å². The molecule has 0 fully saturated rings. The quantitative estimate of drug-likeness (QED) is 0.244. The monoisotopic (exact) mass is 525 g/mol. The van der Waals surface area contributed by atoms with E-state index in [4.69, 9.17) is 23.2 Å². The number of nitrogens with zero attached hydrogens (tertiary/aromatic N) is 3. The number of benzene rings is 1. The fraction of sp³-hybridized carbons (Fsp3) is 0.333. The molecule has 1 unspecified atom stereocenters. The van der Waals surface area contributed by atoms with Crippen LogP contribution in [0.2, 0.25) is 10.0 Å². The standard InChI is InChI=1S/C15H8BrCl2F6N3S/c1-6(16)2-11-13(28-15(22,23)24)10(5-25)26-27(11)12-8(17)3-7(4-9(12)18)14(19,20)21/h3-4,6H,2H2,1H3. The first-order valence-electron chi connectivity index (χ1n) is 7.23. The Balaban J connectivity index is 2.77. The minimum absolute atomic E-state index is 0.0270. The van der Waals surface area contributed by atoms with Gasteiger partial charge in [-0.2, -0.15) is 36.7 Å². The van der Waals surface area contributed by atoms with Gasteiger partial charge in [0.25, 0.3) is 0 Å². The Kier molecular flexibility index (Phi) is 6.91. The highest BCUT2D eigenvalue weighted by molar-refractivity contribution is 9.09. The van der Waals surface area contributed by atoms with Gasteiger partial charge in [0.1, 0.15) is 11.8 Å². The summed E-state index contributed by atoms with van der Waals surface area (Å²) in [6.45, 7) is 1.64. The Morgan fingerprint density at radius 2 is 1.75 bits per heavy atom. The molecule has 0 amide bonds. The second-order valence-corrected chi connectivity index (χ2v) is 8.92. The molecule has 2 rings (SSSR count). The summed E-state index contributed by atoms with van der Waals surface area (Å²) in [6, 6.07) is 2.75. The Labute approximate surface area is 177 Å². The molecular weight excluding hydrogens is 519 g/mol. The Hall–Kier alpha value is -1.09. The largest absolute Gasteiger partial charge is 0.446 e. The summed E-state index contributed by atoms with van der Waals surface area (Å²) < 4.78 is 78.5. The van der Waals surface area contributed by atoms with Crippen LogP contribution in [0.25, 0.3) is 5.69 Å². The lowest BCUT2D eigenvalue weighted by atomic mass is 10.2. The van der Waals surface area contributed by atoms with Crippen LogP contribution in [0.1, 0.15) is 23.9 Å². The number of halogens is 9. The van der Waals surface area contributed by atoms with Gasteiger partial charge >= 0.3 is 11.7 Å². The van der Waals surface area contributed by atoms with Crippen LogP contribution in [-0.4, -0.2) is 20.1 Å². The normalized spacial score (nSPS) is 13.5. The van der Waals surface area contributed by atoms with E-state index in [1.807, 2.05) is 0 Å². The van der Waals surface area contributed by atoms with Gasteiger partial charge in [-0.05, 0) is 23.9 Å². The zero-order valence-corrected chi connectivity index (χ0v) is 17.5. The number of hydrogen-bond donors (Lipinski definition) is 0. The zero-order chi connectivity index (χ0) is 21.4. The third-order valence-corrected chi connectivity index (χ3v) is 5.05. The van der Waals surface area contributed by atoms with E-state index in [9.17, 15) is 31.6 Å². The highest BCUT2D eigenvalue weighted by atomic mass is 79.9. The van der Waals surface area contributed by atoms with Crippen LogP contribution in [0.3, 0.4) is 0 Å². The maximum absolute atomic E-state index is 13.0. The van der Waals surface area contributed by atoms with Crippen molar-refractivity contribution in [2.24, 2.45) is 0 Å². The minimum atomic E-state index is -4.72. The van der Waals surface area contributed by atoms with E-state index in [2.05, 4.69) is 21.0 Å². The van der Waals surface area contributed by atoms with Gasteiger partial charge in [-0.3, -0.25) is 0 Å². The molecule has 0 spiro atoms. The molecule has 0 aliphatic rings. The average molecular weight is 527 g/mol. The number of thioether (sulfide) groups is 1. The van der Waals surface area contributed by atoms with Crippen LogP contribution in [0.5, 0.6) is 0 Å². The first-order chi connectivity index (χ1) is 12.7. The lowest BCUT2D eigenvalue weighted by Crippen LogP contribution is -2.11. The Bertz CT molecular complexity index is 911. The summed E-state index contributed by atoms with van der Waals surface area (Å²) >= 11 is 14.6. The SMILES string of the molecule is CC(Br)Cc1c(SC(F)(F)F)c(C#N)nn1-c1c(Cl)cc(C(F)(F)F)cc1Cl. The fourth-order valence-corrected chi connectivity index (χ4v) is 3.95. The Morgan fingerprint density at radius 3 is 2.14 bits per heavy atom.